The molecule has 34 heavy (non-hydrogen) atoms. The van der Waals surface area contributed by atoms with Gasteiger partial charge in [0.1, 0.15) is 5.60 Å². The molecule has 0 radical (unpaired) electrons. The van der Waals surface area contributed by atoms with Crippen LogP contribution in [0, 0.1) is 12.0 Å². The molecule has 3 heterocycles. The lowest BCUT2D eigenvalue weighted by Crippen LogP contribution is -2.44. The van der Waals surface area contributed by atoms with Crippen molar-refractivity contribution in [1.29, 1.82) is 0 Å². The van der Waals surface area contributed by atoms with Gasteiger partial charge in [-0.2, -0.15) is 0 Å². The van der Waals surface area contributed by atoms with Crippen LogP contribution in [0.2, 0.25) is 0 Å². The Hall–Kier alpha value is -3.67. The van der Waals surface area contributed by atoms with E-state index in [4.69, 9.17) is 16.0 Å². The van der Waals surface area contributed by atoms with Crippen molar-refractivity contribution in [2.45, 2.75) is 58.2 Å². The molecule has 1 amide bonds. The van der Waals surface area contributed by atoms with Crippen molar-refractivity contribution in [2.24, 2.45) is 5.41 Å². The van der Waals surface area contributed by atoms with Gasteiger partial charge in [-0.15, -0.1) is 0 Å². The number of amides is 1. The Morgan fingerprint density at radius 2 is 2.12 bits per heavy atom. The lowest BCUT2D eigenvalue weighted by Gasteiger charge is -2.43. The number of carbonyl (C=O) groups excluding carboxylic acids is 1. The number of nitrogens with zero attached hydrogens (tertiary/aromatic N) is 6. The van der Waals surface area contributed by atoms with Crippen LogP contribution in [-0.2, 0) is 17.8 Å². The van der Waals surface area contributed by atoms with Gasteiger partial charge in [0.25, 0.3) is 0 Å². The second-order valence-electron chi connectivity index (χ2n) is 9.68. The van der Waals surface area contributed by atoms with Crippen LogP contribution in [-0.4, -0.2) is 49.3 Å². The summed E-state index contributed by atoms with van der Waals surface area (Å²) in [6.45, 7) is 13.7. The number of hydrogen-bond acceptors (Lipinski definition) is 6. The third-order valence-electron chi connectivity index (χ3n) is 6.82. The molecule has 2 fully saturated rings. The van der Waals surface area contributed by atoms with Gasteiger partial charge >= 0.3 is 6.09 Å². The number of carbonyl (C=O) groups is 1. The van der Waals surface area contributed by atoms with E-state index in [1.807, 2.05) is 25.4 Å². The third-order valence-corrected chi connectivity index (χ3v) is 6.82. The van der Waals surface area contributed by atoms with E-state index in [1.165, 1.54) is 0 Å². The number of aromatic nitrogens is 4. The fourth-order valence-corrected chi connectivity index (χ4v) is 5.46. The SMILES string of the molecule is [C-]#[N+]c1ccc2ncn(C[C@@]3(C)CCC[C@@]4(CN(Cc5cnc(OCC)cn5)C(=O)O4)C3)c2c1. The Balaban J connectivity index is 1.30. The van der Waals surface area contributed by atoms with Crippen molar-refractivity contribution in [1.82, 2.24) is 24.4 Å². The van der Waals surface area contributed by atoms with E-state index < -0.39 is 5.60 Å². The molecule has 1 saturated heterocycles. The average molecular weight is 461 g/mol. The molecule has 3 aromatic rings. The van der Waals surface area contributed by atoms with Crippen molar-refractivity contribution < 1.29 is 14.3 Å². The topological polar surface area (TPSA) is 86.7 Å². The zero-order valence-corrected chi connectivity index (χ0v) is 19.5. The van der Waals surface area contributed by atoms with Gasteiger partial charge in [-0.05, 0) is 50.2 Å². The molecule has 176 valence electrons. The number of fused-ring (bicyclic) bond motifs is 1. The van der Waals surface area contributed by atoms with Crippen LogP contribution in [0.15, 0.2) is 36.9 Å². The standard InChI is InChI=1S/C25H28N6O3/c1-4-33-22-12-27-19(11-28-22)13-30-16-25(34-23(30)32)9-5-8-24(2,14-25)15-31-17-29-20-7-6-18(26-3)10-21(20)31/h6-7,10-12,17H,4-5,8-9,13-16H2,1-2H3/t24-,25-/m0/s1. The molecule has 0 bridgehead atoms. The Morgan fingerprint density at radius 3 is 2.88 bits per heavy atom. The Kier molecular flexibility index (Phi) is 5.60. The fraction of sp³-hybridized carbons (Fsp3) is 0.480. The molecule has 1 aliphatic heterocycles. The predicted molar refractivity (Wildman–Crippen MR) is 125 cm³/mol. The first-order valence-corrected chi connectivity index (χ1v) is 11.6. The van der Waals surface area contributed by atoms with Gasteiger partial charge < -0.3 is 14.0 Å². The van der Waals surface area contributed by atoms with Crippen LogP contribution < -0.4 is 4.74 Å². The first-order chi connectivity index (χ1) is 16.4. The average Bonchev–Trinajstić information content (AvgIpc) is 3.34. The molecule has 2 aliphatic rings. The summed E-state index contributed by atoms with van der Waals surface area (Å²) >= 11 is 0. The molecule has 2 aromatic heterocycles. The molecular weight excluding hydrogens is 432 g/mol. The maximum atomic E-state index is 12.8. The Labute approximate surface area is 198 Å². The second-order valence-corrected chi connectivity index (χ2v) is 9.68. The molecule has 1 aromatic carbocycles. The van der Waals surface area contributed by atoms with Crippen LogP contribution >= 0.6 is 0 Å². The van der Waals surface area contributed by atoms with Gasteiger partial charge in [-0.25, -0.2) is 19.6 Å². The minimum atomic E-state index is -0.499. The highest BCUT2D eigenvalue weighted by molar-refractivity contribution is 5.79. The molecule has 5 rings (SSSR count). The summed E-state index contributed by atoms with van der Waals surface area (Å²) in [6, 6.07) is 5.59. The van der Waals surface area contributed by atoms with Crippen LogP contribution in [0.5, 0.6) is 5.88 Å². The number of ether oxygens (including phenoxy) is 2. The van der Waals surface area contributed by atoms with Crippen LogP contribution in [0.1, 0.15) is 45.2 Å². The molecule has 1 aliphatic carbocycles. The van der Waals surface area contributed by atoms with Gasteiger partial charge in [0.15, 0.2) is 5.69 Å². The molecule has 0 N–H and O–H groups in total. The van der Waals surface area contributed by atoms with E-state index in [2.05, 4.69) is 31.3 Å². The number of benzene rings is 1. The summed E-state index contributed by atoms with van der Waals surface area (Å²) in [5.41, 5.74) is 2.61. The monoisotopic (exact) mass is 460 g/mol. The van der Waals surface area contributed by atoms with E-state index in [9.17, 15) is 4.79 Å². The van der Waals surface area contributed by atoms with Crippen LogP contribution in [0.4, 0.5) is 10.5 Å². The summed E-state index contributed by atoms with van der Waals surface area (Å²) in [5, 5.41) is 0. The minimum absolute atomic E-state index is 0.0603. The summed E-state index contributed by atoms with van der Waals surface area (Å²) in [7, 11) is 0. The van der Waals surface area contributed by atoms with E-state index in [-0.39, 0.29) is 11.5 Å². The van der Waals surface area contributed by atoms with E-state index >= 15 is 0 Å². The molecule has 1 saturated carbocycles. The Morgan fingerprint density at radius 1 is 1.24 bits per heavy atom. The van der Waals surface area contributed by atoms with E-state index in [0.717, 1.165) is 43.3 Å². The molecule has 0 unspecified atom stereocenters. The van der Waals surface area contributed by atoms with E-state index in [1.54, 1.807) is 23.4 Å². The maximum absolute atomic E-state index is 12.8. The molecule has 2 atom stereocenters. The highest BCUT2D eigenvalue weighted by Gasteiger charge is 2.51. The largest absolute Gasteiger partial charge is 0.477 e. The normalized spacial score (nSPS) is 24.4. The lowest BCUT2D eigenvalue weighted by molar-refractivity contribution is -0.0270. The molecule has 9 heteroatoms. The summed E-state index contributed by atoms with van der Waals surface area (Å²) in [4.78, 5) is 31.2. The summed E-state index contributed by atoms with van der Waals surface area (Å²) < 4.78 is 13.5. The van der Waals surface area contributed by atoms with Gasteiger partial charge in [-0.3, -0.25) is 9.88 Å². The summed E-state index contributed by atoms with van der Waals surface area (Å²) in [5.74, 6) is 0.477. The van der Waals surface area contributed by atoms with Crippen LogP contribution in [0.3, 0.4) is 0 Å². The zero-order chi connectivity index (χ0) is 23.8. The second kappa shape index (κ2) is 8.60. The molecular formula is C25H28N6O3. The maximum Gasteiger partial charge on any atom is 0.410 e. The fourth-order valence-electron chi connectivity index (χ4n) is 5.46. The van der Waals surface area contributed by atoms with E-state index in [0.29, 0.717) is 37.0 Å². The lowest BCUT2D eigenvalue weighted by atomic mass is 9.68. The first-order valence-electron chi connectivity index (χ1n) is 11.6. The molecule has 9 nitrogen and oxygen atoms in total. The van der Waals surface area contributed by atoms with Crippen molar-refractivity contribution in [3.63, 3.8) is 0 Å². The highest BCUT2D eigenvalue weighted by Crippen LogP contribution is 2.47. The van der Waals surface area contributed by atoms with Crippen molar-refractivity contribution in [3.8, 4) is 5.88 Å². The van der Waals surface area contributed by atoms with Gasteiger partial charge in [-0.1, -0.05) is 13.0 Å². The number of rotatable bonds is 6. The van der Waals surface area contributed by atoms with Crippen LogP contribution in [0.25, 0.3) is 15.9 Å². The number of hydrogen-bond donors (Lipinski definition) is 0. The van der Waals surface area contributed by atoms with Crippen molar-refractivity contribution >= 4 is 22.8 Å². The van der Waals surface area contributed by atoms with Gasteiger partial charge in [0.05, 0.1) is 61.7 Å². The zero-order valence-electron chi connectivity index (χ0n) is 19.5. The minimum Gasteiger partial charge on any atom is -0.477 e. The highest BCUT2D eigenvalue weighted by atomic mass is 16.6. The Bertz CT molecular complexity index is 1250. The first kappa shape index (κ1) is 22.1. The smallest absolute Gasteiger partial charge is 0.410 e. The van der Waals surface area contributed by atoms with Crippen molar-refractivity contribution in [2.75, 3.05) is 13.2 Å². The third kappa shape index (κ3) is 4.28. The van der Waals surface area contributed by atoms with Gasteiger partial charge in [0.2, 0.25) is 5.88 Å². The number of imidazole rings is 1. The van der Waals surface area contributed by atoms with Crippen molar-refractivity contribution in [3.05, 3.63) is 54.0 Å². The summed E-state index contributed by atoms with van der Waals surface area (Å²) in [6.07, 6.45) is 8.45. The van der Waals surface area contributed by atoms with Gasteiger partial charge in [0, 0.05) is 6.54 Å². The quantitative estimate of drug-likeness (QED) is 0.494. The predicted octanol–water partition coefficient (Wildman–Crippen LogP) is 4.75. The molecule has 1 spiro atoms.